The number of carbonyl (C=O) groups excluding carboxylic acids is 3. The van der Waals surface area contributed by atoms with Crippen LogP contribution in [0.25, 0.3) is 0 Å². The number of likely N-dealkylation sites (tertiary alicyclic amines) is 1. The number of rotatable bonds is 5. The molecule has 0 spiro atoms. The predicted molar refractivity (Wildman–Crippen MR) is 118 cm³/mol. The van der Waals surface area contributed by atoms with E-state index in [1.54, 1.807) is 15.9 Å². The lowest BCUT2D eigenvalue weighted by Gasteiger charge is -2.33. The highest BCUT2D eigenvalue weighted by Crippen LogP contribution is 2.39. The zero-order chi connectivity index (χ0) is 22.3. The van der Waals surface area contributed by atoms with Gasteiger partial charge in [-0.3, -0.25) is 14.5 Å². The van der Waals surface area contributed by atoms with E-state index in [4.69, 9.17) is 11.6 Å². The first kappa shape index (κ1) is 21.7. The fourth-order valence-corrected chi connectivity index (χ4v) is 5.16. The topological polar surface area (TPSA) is 73.0 Å². The van der Waals surface area contributed by atoms with Gasteiger partial charge in [-0.05, 0) is 37.3 Å². The number of carbonyl (C=O) groups is 3. The molecule has 1 aromatic rings. The van der Waals surface area contributed by atoms with Crippen LogP contribution in [0.15, 0.2) is 35.5 Å². The van der Waals surface area contributed by atoms with Crippen molar-refractivity contribution in [3.63, 3.8) is 0 Å². The summed E-state index contributed by atoms with van der Waals surface area (Å²) in [6, 6.07) is 5.78. The van der Waals surface area contributed by atoms with Crippen molar-refractivity contribution in [3.8, 4) is 0 Å². The molecule has 3 heterocycles. The first-order chi connectivity index (χ1) is 14.8. The van der Waals surface area contributed by atoms with Gasteiger partial charge >= 0.3 is 6.03 Å². The van der Waals surface area contributed by atoms with Gasteiger partial charge in [0.2, 0.25) is 5.91 Å². The molecule has 2 atom stereocenters. The zero-order valence-electron chi connectivity index (χ0n) is 18.2. The summed E-state index contributed by atoms with van der Waals surface area (Å²) in [6.07, 6.45) is 1.99. The third kappa shape index (κ3) is 3.69. The van der Waals surface area contributed by atoms with Crippen LogP contribution in [-0.2, 0) is 9.59 Å². The number of likely N-dealkylation sites (N-methyl/N-ethyl adjacent to an activating group) is 1. The average molecular weight is 445 g/mol. The lowest BCUT2D eigenvalue weighted by Crippen LogP contribution is -2.52. The molecule has 7 nitrogen and oxygen atoms in total. The number of hydrogen-bond acceptors (Lipinski definition) is 3. The molecule has 0 unspecified atom stereocenters. The van der Waals surface area contributed by atoms with Crippen LogP contribution in [-0.4, -0.2) is 64.8 Å². The van der Waals surface area contributed by atoms with Crippen molar-refractivity contribution >= 4 is 29.4 Å². The van der Waals surface area contributed by atoms with Crippen LogP contribution in [0, 0.1) is 5.92 Å². The summed E-state index contributed by atoms with van der Waals surface area (Å²) in [5.74, 6) is -0.252. The van der Waals surface area contributed by atoms with Gasteiger partial charge in [0.05, 0.1) is 23.9 Å². The predicted octanol–water partition coefficient (Wildman–Crippen LogP) is 3.17. The van der Waals surface area contributed by atoms with Gasteiger partial charge in [0.15, 0.2) is 0 Å². The van der Waals surface area contributed by atoms with Crippen molar-refractivity contribution in [2.24, 2.45) is 5.92 Å². The summed E-state index contributed by atoms with van der Waals surface area (Å²) in [5.41, 5.74) is 1.86. The fraction of sp³-hybridized carbons (Fsp3) is 0.522. The molecule has 4 amide bonds. The Labute approximate surface area is 188 Å². The van der Waals surface area contributed by atoms with Crippen LogP contribution in [0.2, 0.25) is 5.02 Å². The van der Waals surface area contributed by atoms with Crippen LogP contribution in [0.1, 0.15) is 45.2 Å². The van der Waals surface area contributed by atoms with Gasteiger partial charge in [-0.1, -0.05) is 43.6 Å². The second-order valence-corrected chi connectivity index (χ2v) is 9.07. The number of benzene rings is 1. The summed E-state index contributed by atoms with van der Waals surface area (Å²) in [5, 5.41) is 3.44. The van der Waals surface area contributed by atoms with Gasteiger partial charge in [0, 0.05) is 24.7 Å². The van der Waals surface area contributed by atoms with Crippen LogP contribution in [0.4, 0.5) is 4.79 Å². The maximum absolute atomic E-state index is 13.7. The van der Waals surface area contributed by atoms with Crippen molar-refractivity contribution in [3.05, 3.63) is 46.1 Å². The van der Waals surface area contributed by atoms with E-state index in [0.717, 1.165) is 25.9 Å². The number of hydrogen-bond donors (Lipinski definition) is 1. The minimum Gasteiger partial charge on any atom is -0.341 e. The lowest BCUT2D eigenvalue weighted by molar-refractivity contribution is -0.144. The Morgan fingerprint density at radius 2 is 1.87 bits per heavy atom. The number of nitrogens with one attached hydrogen (secondary N) is 1. The smallest absolute Gasteiger partial charge is 0.322 e. The third-order valence-electron chi connectivity index (χ3n) is 6.42. The Bertz CT molecular complexity index is 939. The highest BCUT2D eigenvalue weighted by molar-refractivity contribution is 6.31. The largest absolute Gasteiger partial charge is 0.341 e. The summed E-state index contributed by atoms with van der Waals surface area (Å²) < 4.78 is 0. The fourth-order valence-electron chi connectivity index (χ4n) is 4.92. The Kier molecular flexibility index (Phi) is 5.97. The molecular formula is C23H29ClN4O3. The Morgan fingerprint density at radius 1 is 1.19 bits per heavy atom. The van der Waals surface area contributed by atoms with Crippen LogP contribution in [0.3, 0.4) is 0 Å². The molecule has 1 N–H and O–H groups in total. The van der Waals surface area contributed by atoms with Crippen molar-refractivity contribution < 1.29 is 14.4 Å². The van der Waals surface area contributed by atoms with Gasteiger partial charge in [-0.2, -0.15) is 0 Å². The molecule has 3 aliphatic rings. The first-order valence-electron chi connectivity index (χ1n) is 11.0. The molecule has 166 valence electrons. The van der Waals surface area contributed by atoms with E-state index in [9.17, 15) is 14.4 Å². The lowest BCUT2D eigenvalue weighted by atomic mass is 9.95. The number of urea groups is 1. The van der Waals surface area contributed by atoms with E-state index in [1.165, 1.54) is 0 Å². The molecule has 0 radical (unpaired) electrons. The Morgan fingerprint density at radius 3 is 2.48 bits per heavy atom. The van der Waals surface area contributed by atoms with Crippen molar-refractivity contribution in [2.75, 3.05) is 26.2 Å². The van der Waals surface area contributed by atoms with Gasteiger partial charge < -0.3 is 15.1 Å². The van der Waals surface area contributed by atoms with Gasteiger partial charge in [0.1, 0.15) is 6.04 Å². The molecule has 1 fully saturated rings. The molecule has 0 saturated carbocycles. The summed E-state index contributed by atoms with van der Waals surface area (Å²) in [6.45, 7) is 7.97. The highest BCUT2D eigenvalue weighted by Gasteiger charge is 2.48. The number of nitrogens with zero attached hydrogens (tertiary/aromatic N) is 3. The average Bonchev–Trinajstić information content (AvgIpc) is 3.37. The molecule has 0 aromatic heterocycles. The monoisotopic (exact) mass is 444 g/mol. The zero-order valence-corrected chi connectivity index (χ0v) is 19.0. The summed E-state index contributed by atoms with van der Waals surface area (Å²) >= 11 is 6.43. The first-order valence-corrected chi connectivity index (χ1v) is 11.4. The molecule has 0 aliphatic carbocycles. The van der Waals surface area contributed by atoms with E-state index in [-0.39, 0.29) is 30.3 Å². The Balaban J connectivity index is 1.73. The van der Waals surface area contributed by atoms with E-state index in [1.807, 2.05) is 43.9 Å². The third-order valence-corrected chi connectivity index (χ3v) is 6.76. The molecule has 4 rings (SSSR count). The molecule has 8 heteroatoms. The highest BCUT2D eigenvalue weighted by atomic mass is 35.5. The maximum atomic E-state index is 13.7. The SMILES string of the molecule is CCN1C(=O)N[C@@H](c2ccccc2Cl)C2=C1CN([C@@H](C(=O)N1CCCC1)C(C)C)C2=O. The maximum Gasteiger partial charge on any atom is 0.322 e. The molecule has 31 heavy (non-hydrogen) atoms. The molecule has 1 aromatic carbocycles. The minimum absolute atomic E-state index is 0.00248. The van der Waals surface area contributed by atoms with E-state index >= 15 is 0 Å². The van der Waals surface area contributed by atoms with Gasteiger partial charge in [-0.15, -0.1) is 0 Å². The Hall–Kier alpha value is -2.54. The minimum atomic E-state index is -0.633. The summed E-state index contributed by atoms with van der Waals surface area (Å²) in [4.78, 5) is 45.1. The quantitative estimate of drug-likeness (QED) is 0.758. The van der Waals surface area contributed by atoms with Crippen molar-refractivity contribution in [1.29, 1.82) is 0 Å². The van der Waals surface area contributed by atoms with Crippen LogP contribution in [0.5, 0.6) is 0 Å². The van der Waals surface area contributed by atoms with E-state index in [2.05, 4.69) is 5.32 Å². The summed E-state index contributed by atoms with van der Waals surface area (Å²) in [7, 11) is 0. The van der Waals surface area contributed by atoms with E-state index < -0.39 is 12.1 Å². The second-order valence-electron chi connectivity index (χ2n) is 8.66. The molecule has 3 aliphatic heterocycles. The second kappa shape index (κ2) is 8.54. The normalized spacial score (nSPS) is 22.4. The van der Waals surface area contributed by atoms with Gasteiger partial charge in [0.25, 0.3) is 5.91 Å². The standard InChI is InChI=1S/C23H29ClN4O3/c1-4-27-17-13-28(20(14(2)3)22(30)26-11-7-8-12-26)21(29)18(17)19(25-23(27)31)15-9-5-6-10-16(15)24/h5-6,9-10,14,19-20H,4,7-8,11-13H2,1-3H3,(H,25,31)/t19-,20+/m0/s1. The number of amides is 4. The van der Waals surface area contributed by atoms with Crippen molar-refractivity contribution in [1.82, 2.24) is 20.0 Å². The van der Waals surface area contributed by atoms with Crippen LogP contribution >= 0.6 is 11.6 Å². The number of halogens is 1. The molecule has 0 bridgehead atoms. The van der Waals surface area contributed by atoms with Gasteiger partial charge in [-0.25, -0.2) is 4.79 Å². The van der Waals surface area contributed by atoms with Crippen molar-refractivity contribution in [2.45, 2.75) is 45.7 Å². The molecule has 1 saturated heterocycles. The molecular weight excluding hydrogens is 416 g/mol. The van der Waals surface area contributed by atoms with E-state index in [0.29, 0.717) is 28.4 Å². The van der Waals surface area contributed by atoms with Crippen LogP contribution < -0.4 is 5.32 Å².